The number of halogens is 1. The zero-order chi connectivity index (χ0) is 18.4. The van der Waals surface area contributed by atoms with Crippen molar-refractivity contribution in [2.24, 2.45) is 0 Å². The molecule has 1 amide bonds. The van der Waals surface area contributed by atoms with Crippen LogP contribution in [0.25, 0.3) is 10.9 Å². The number of benzene rings is 2. The van der Waals surface area contributed by atoms with Crippen molar-refractivity contribution in [1.82, 2.24) is 15.3 Å². The molecule has 0 unspecified atom stereocenters. The zero-order valence-electron chi connectivity index (χ0n) is 14.2. The molecular formula is C19H18BrN3O3. The number of aromatic nitrogens is 2. The van der Waals surface area contributed by atoms with Gasteiger partial charge in [0.25, 0.3) is 5.91 Å². The van der Waals surface area contributed by atoms with E-state index >= 15 is 0 Å². The summed E-state index contributed by atoms with van der Waals surface area (Å²) in [4.78, 5) is 20.3. The second-order valence-corrected chi connectivity index (χ2v) is 6.49. The number of amides is 1. The molecule has 0 saturated heterocycles. The Kier molecular flexibility index (Phi) is 6.01. The van der Waals surface area contributed by atoms with Crippen LogP contribution in [-0.4, -0.2) is 36.1 Å². The Morgan fingerprint density at radius 2 is 1.96 bits per heavy atom. The highest BCUT2D eigenvalue weighted by Gasteiger charge is 2.08. The standard InChI is InChI=1S/C19H18BrN3O3/c1-25-15-5-2-13(3-6-15)8-9-21-18(24)11-26-19-16-10-14(20)4-7-17(16)22-12-23-19/h2-7,10,12H,8-9,11H2,1H3,(H,21,24). The minimum absolute atomic E-state index is 0.0960. The van der Waals surface area contributed by atoms with Crippen LogP contribution in [0, 0.1) is 0 Å². The SMILES string of the molecule is COc1ccc(CCNC(=O)COc2ncnc3ccc(Br)cc23)cc1. The Bertz CT molecular complexity index is 900. The molecule has 0 aliphatic rings. The van der Waals surface area contributed by atoms with Gasteiger partial charge < -0.3 is 14.8 Å². The van der Waals surface area contributed by atoms with E-state index < -0.39 is 0 Å². The summed E-state index contributed by atoms with van der Waals surface area (Å²) in [6.07, 6.45) is 2.16. The molecule has 0 aliphatic heterocycles. The predicted octanol–water partition coefficient (Wildman–Crippen LogP) is 3.14. The van der Waals surface area contributed by atoms with Crippen LogP contribution in [0.4, 0.5) is 0 Å². The highest BCUT2D eigenvalue weighted by molar-refractivity contribution is 9.10. The molecule has 0 aliphatic carbocycles. The predicted molar refractivity (Wildman–Crippen MR) is 102 cm³/mol. The fourth-order valence-electron chi connectivity index (χ4n) is 2.44. The van der Waals surface area contributed by atoms with Crippen LogP contribution in [0.3, 0.4) is 0 Å². The third-order valence-electron chi connectivity index (χ3n) is 3.80. The van der Waals surface area contributed by atoms with Crippen molar-refractivity contribution in [2.45, 2.75) is 6.42 Å². The molecule has 1 heterocycles. The number of carbonyl (C=O) groups is 1. The lowest BCUT2D eigenvalue weighted by Gasteiger charge is -2.09. The monoisotopic (exact) mass is 415 g/mol. The summed E-state index contributed by atoms with van der Waals surface area (Å²) in [6, 6.07) is 13.4. The van der Waals surface area contributed by atoms with Crippen molar-refractivity contribution in [3.63, 3.8) is 0 Å². The quantitative estimate of drug-likeness (QED) is 0.641. The average molecular weight is 416 g/mol. The van der Waals surface area contributed by atoms with Gasteiger partial charge in [-0.3, -0.25) is 4.79 Å². The fraction of sp³-hybridized carbons (Fsp3) is 0.211. The summed E-state index contributed by atoms with van der Waals surface area (Å²) in [5, 5.41) is 3.60. The van der Waals surface area contributed by atoms with Gasteiger partial charge in [-0.2, -0.15) is 0 Å². The third-order valence-corrected chi connectivity index (χ3v) is 4.29. The van der Waals surface area contributed by atoms with E-state index in [4.69, 9.17) is 9.47 Å². The first kappa shape index (κ1) is 18.1. The van der Waals surface area contributed by atoms with E-state index in [1.54, 1.807) is 7.11 Å². The summed E-state index contributed by atoms with van der Waals surface area (Å²) < 4.78 is 11.6. The largest absolute Gasteiger partial charge is 0.497 e. The smallest absolute Gasteiger partial charge is 0.258 e. The van der Waals surface area contributed by atoms with Crippen LogP contribution in [0.2, 0.25) is 0 Å². The van der Waals surface area contributed by atoms with Gasteiger partial charge in [-0.1, -0.05) is 28.1 Å². The molecule has 134 valence electrons. The second kappa shape index (κ2) is 8.62. The minimum atomic E-state index is -0.194. The van der Waals surface area contributed by atoms with Gasteiger partial charge in [0.05, 0.1) is 18.0 Å². The van der Waals surface area contributed by atoms with E-state index in [-0.39, 0.29) is 12.5 Å². The van der Waals surface area contributed by atoms with Crippen LogP contribution in [-0.2, 0) is 11.2 Å². The topological polar surface area (TPSA) is 73.3 Å². The zero-order valence-corrected chi connectivity index (χ0v) is 15.8. The summed E-state index contributed by atoms with van der Waals surface area (Å²) >= 11 is 3.41. The highest BCUT2D eigenvalue weighted by Crippen LogP contribution is 2.24. The molecule has 7 heteroatoms. The number of ether oxygens (including phenoxy) is 2. The molecule has 26 heavy (non-hydrogen) atoms. The first-order valence-electron chi connectivity index (χ1n) is 8.08. The minimum Gasteiger partial charge on any atom is -0.497 e. The van der Waals surface area contributed by atoms with Gasteiger partial charge >= 0.3 is 0 Å². The van der Waals surface area contributed by atoms with Gasteiger partial charge in [0.15, 0.2) is 6.61 Å². The second-order valence-electron chi connectivity index (χ2n) is 5.58. The molecule has 6 nitrogen and oxygen atoms in total. The molecule has 0 spiro atoms. The molecule has 0 radical (unpaired) electrons. The molecule has 0 atom stereocenters. The van der Waals surface area contributed by atoms with Crippen molar-refractivity contribution in [1.29, 1.82) is 0 Å². The average Bonchev–Trinajstić information content (AvgIpc) is 2.67. The molecule has 0 fully saturated rings. The number of nitrogens with one attached hydrogen (secondary N) is 1. The number of rotatable bonds is 7. The number of methoxy groups -OCH3 is 1. The van der Waals surface area contributed by atoms with Crippen molar-refractivity contribution >= 4 is 32.7 Å². The van der Waals surface area contributed by atoms with Gasteiger partial charge in [-0.15, -0.1) is 0 Å². The van der Waals surface area contributed by atoms with Crippen molar-refractivity contribution in [3.05, 3.63) is 58.8 Å². The van der Waals surface area contributed by atoms with Crippen molar-refractivity contribution in [3.8, 4) is 11.6 Å². The van der Waals surface area contributed by atoms with Gasteiger partial charge in [-0.05, 0) is 42.3 Å². The number of fused-ring (bicyclic) bond motifs is 1. The Labute approximate surface area is 159 Å². The van der Waals surface area contributed by atoms with Crippen LogP contribution < -0.4 is 14.8 Å². The van der Waals surface area contributed by atoms with Gasteiger partial charge in [0, 0.05) is 11.0 Å². The lowest BCUT2D eigenvalue weighted by atomic mass is 10.1. The van der Waals surface area contributed by atoms with E-state index in [0.29, 0.717) is 12.4 Å². The van der Waals surface area contributed by atoms with Gasteiger partial charge in [0.1, 0.15) is 12.1 Å². The number of nitrogens with zero attached hydrogens (tertiary/aromatic N) is 2. The first-order chi connectivity index (χ1) is 12.7. The molecule has 0 saturated carbocycles. The lowest BCUT2D eigenvalue weighted by molar-refractivity contribution is -0.123. The van der Waals surface area contributed by atoms with E-state index in [2.05, 4.69) is 31.2 Å². The maximum Gasteiger partial charge on any atom is 0.258 e. The molecule has 2 aromatic carbocycles. The molecule has 0 bridgehead atoms. The summed E-state index contributed by atoms with van der Waals surface area (Å²) in [5.74, 6) is 1.01. The van der Waals surface area contributed by atoms with Gasteiger partial charge in [-0.25, -0.2) is 9.97 Å². The Morgan fingerprint density at radius 3 is 2.73 bits per heavy atom. The number of hydrogen-bond acceptors (Lipinski definition) is 5. The highest BCUT2D eigenvalue weighted by atomic mass is 79.9. The Balaban J connectivity index is 1.50. The normalized spacial score (nSPS) is 10.5. The molecule has 1 N–H and O–H groups in total. The fourth-order valence-corrected chi connectivity index (χ4v) is 2.80. The summed E-state index contributed by atoms with van der Waals surface area (Å²) in [6.45, 7) is 0.436. The summed E-state index contributed by atoms with van der Waals surface area (Å²) in [5.41, 5.74) is 1.89. The van der Waals surface area contributed by atoms with E-state index in [1.807, 2.05) is 42.5 Å². The Hall–Kier alpha value is -2.67. The van der Waals surface area contributed by atoms with E-state index in [9.17, 15) is 4.79 Å². The van der Waals surface area contributed by atoms with Crippen molar-refractivity contribution < 1.29 is 14.3 Å². The van der Waals surface area contributed by atoms with Crippen LogP contribution in [0.1, 0.15) is 5.56 Å². The molecule has 3 rings (SSSR count). The maximum absolute atomic E-state index is 12.0. The van der Waals surface area contributed by atoms with E-state index in [0.717, 1.165) is 33.1 Å². The van der Waals surface area contributed by atoms with Gasteiger partial charge in [0.2, 0.25) is 5.88 Å². The molecule has 3 aromatic rings. The maximum atomic E-state index is 12.0. The number of carbonyl (C=O) groups excluding carboxylic acids is 1. The lowest BCUT2D eigenvalue weighted by Crippen LogP contribution is -2.30. The Morgan fingerprint density at radius 1 is 1.15 bits per heavy atom. The van der Waals surface area contributed by atoms with Crippen molar-refractivity contribution in [2.75, 3.05) is 20.3 Å². The summed E-state index contributed by atoms with van der Waals surface area (Å²) in [7, 11) is 1.63. The van der Waals surface area contributed by atoms with Crippen LogP contribution in [0.5, 0.6) is 11.6 Å². The first-order valence-corrected chi connectivity index (χ1v) is 8.87. The number of hydrogen-bond donors (Lipinski definition) is 1. The van der Waals surface area contributed by atoms with E-state index in [1.165, 1.54) is 6.33 Å². The molecular weight excluding hydrogens is 398 g/mol. The van der Waals surface area contributed by atoms with Crippen LogP contribution >= 0.6 is 15.9 Å². The van der Waals surface area contributed by atoms with Crippen LogP contribution in [0.15, 0.2) is 53.3 Å². The third kappa shape index (κ3) is 4.70. The molecule has 1 aromatic heterocycles.